The lowest BCUT2D eigenvalue weighted by Crippen LogP contribution is -2.61. The number of hydrogen-bond acceptors (Lipinski definition) is 7. The number of carbonyl (C=O) groups excluding carboxylic acids is 2. The van der Waals surface area contributed by atoms with Crippen LogP contribution in [0.5, 0.6) is 0 Å². The van der Waals surface area contributed by atoms with Gasteiger partial charge < -0.3 is 15.4 Å². The lowest BCUT2D eigenvalue weighted by Gasteiger charge is -2.48. The zero-order valence-electron chi connectivity index (χ0n) is 25.4. The quantitative estimate of drug-likeness (QED) is 0.463. The molecule has 3 aliphatic rings. The van der Waals surface area contributed by atoms with Crippen LogP contribution in [0.25, 0.3) is 0 Å². The van der Waals surface area contributed by atoms with Crippen molar-refractivity contribution in [2.45, 2.75) is 70.6 Å². The molecule has 226 valence electrons. The minimum absolute atomic E-state index is 0.0518. The average Bonchev–Trinajstić information content (AvgIpc) is 3.23. The second-order valence-corrected chi connectivity index (χ2v) is 12.5. The first-order chi connectivity index (χ1) is 20.4. The molecule has 1 aliphatic carbocycles. The normalized spacial score (nSPS) is 25.7. The van der Waals surface area contributed by atoms with E-state index >= 15 is 4.39 Å². The van der Waals surface area contributed by atoms with Crippen molar-refractivity contribution in [3.8, 4) is 6.07 Å². The minimum atomic E-state index is -1.05. The molecule has 2 fully saturated rings. The molecule has 2 N–H and O–H groups in total. The number of hydrogen-bond donors (Lipinski definition) is 2. The number of benzene rings is 1. The molecule has 2 aliphatic heterocycles. The lowest BCUT2D eigenvalue weighted by atomic mass is 9.76. The highest BCUT2D eigenvalue weighted by molar-refractivity contribution is 5.92. The van der Waals surface area contributed by atoms with Gasteiger partial charge in [-0.05, 0) is 71.4 Å². The lowest BCUT2D eigenvalue weighted by molar-refractivity contribution is -0.131. The summed E-state index contributed by atoms with van der Waals surface area (Å²) >= 11 is 0. The van der Waals surface area contributed by atoms with Gasteiger partial charge in [0.05, 0.1) is 17.6 Å². The molecule has 0 spiro atoms. The first-order valence-corrected chi connectivity index (χ1v) is 14.8. The van der Waals surface area contributed by atoms with E-state index in [1.165, 1.54) is 16.5 Å². The standard InChI is InChI=1S/C33H39FN6O3/c1-6-40(31(42)43-32(2,3)4)28-17-22(34)16-26-29(28)38-30(41)33(26,5)39-15-14-25(21-10-8-7-9-11-21)27(20-39)37-24-13-12-23(18-35)36-19-24/h7-13,17,19,25-27,37H,6,14-16,20H2,1-5H3,(H,38,41)/t25-,26?,27+,33?/m1/s1. The molecule has 43 heavy (non-hydrogen) atoms. The molecule has 2 aromatic rings. The summed E-state index contributed by atoms with van der Waals surface area (Å²) in [6, 6.07) is 15.7. The molecule has 3 heterocycles. The van der Waals surface area contributed by atoms with E-state index in [1.54, 1.807) is 40.0 Å². The van der Waals surface area contributed by atoms with E-state index < -0.39 is 23.2 Å². The van der Waals surface area contributed by atoms with Crippen molar-refractivity contribution in [1.29, 1.82) is 5.26 Å². The molecule has 0 saturated carbocycles. The molecular formula is C33H39FN6O3. The summed E-state index contributed by atoms with van der Waals surface area (Å²) in [6.07, 6.45) is 3.22. The largest absolute Gasteiger partial charge is 0.443 e. The highest BCUT2D eigenvalue weighted by atomic mass is 19.1. The predicted molar refractivity (Wildman–Crippen MR) is 161 cm³/mol. The van der Waals surface area contributed by atoms with Gasteiger partial charge in [0, 0.05) is 43.1 Å². The molecule has 2 saturated heterocycles. The summed E-state index contributed by atoms with van der Waals surface area (Å²) in [5, 5.41) is 15.8. The number of halogens is 1. The van der Waals surface area contributed by atoms with Crippen LogP contribution in [0.1, 0.15) is 64.6 Å². The number of amides is 2. The number of anilines is 1. The highest BCUT2D eigenvalue weighted by Crippen LogP contribution is 2.46. The van der Waals surface area contributed by atoms with Crippen LogP contribution in [-0.2, 0) is 9.53 Å². The predicted octanol–water partition coefficient (Wildman–Crippen LogP) is 5.45. The van der Waals surface area contributed by atoms with Crippen molar-refractivity contribution in [2.75, 3.05) is 25.0 Å². The maximum atomic E-state index is 15.4. The molecule has 1 aromatic carbocycles. The van der Waals surface area contributed by atoms with Crippen LogP contribution in [-0.4, -0.2) is 63.6 Å². The summed E-state index contributed by atoms with van der Waals surface area (Å²) in [6.45, 7) is 10.4. The van der Waals surface area contributed by atoms with Gasteiger partial charge in [-0.3, -0.25) is 14.6 Å². The third kappa shape index (κ3) is 6.00. The summed E-state index contributed by atoms with van der Waals surface area (Å²) in [4.78, 5) is 34.8. The fourth-order valence-corrected chi connectivity index (χ4v) is 6.48. The number of pyridine rings is 1. The molecule has 0 bridgehead atoms. The number of nitriles is 1. The van der Waals surface area contributed by atoms with E-state index in [0.717, 1.165) is 12.1 Å². The zero-order valence-corrected chi connectivity index (χ0v) is 25.4. The Balaban J connectivity index is 1.47. The van der Waals surface area contributed by atoms with Crippen molar-refractivity contribution in [2.24, 2.45) is 5.92 Å². The van der Waals surface area contributed by atoms with Gasteiger partial charge in [-0.25, -0.2) is 14.2 Å². The van der Waals surface area contributed by atoms with E-state index in [-0.39, 0.29) is 36.7 Å². The van der Waals surface area contributed by atoms with Gasteiger partial charge >= 0.3 is 6.09 Å². The number of nitrogens with one attached hydrogen (secondary N) is 2. The number of carbonyl (C=O) groups is 2. The van der Waals surface area contributed by atoms with Crippen molar-refractivity contribution < 1.29 is 18.7 Å². The Morgan fingerprint density at radius 3 is 2.65 bits per heavy atom. The summed E-state index contributed by atoms with van der Waals surface area (Å²) in [5.41, 5.74) is 1.40. The smallest absolute Gasteiger partial charge is 0.414 e. The van der Waals surface area contributed by atoms with Gasteiger partial charge in [-0.1, -0.05) is 30.3 Å². The van der Waals surface area contributed by atoms with E-state index in [9.17, 15) is 14.9 Å². The Bertz CT molecular complexity index is 1480. The fourth-order valence-electron chi connectivity index (χ4n) is 6.48. The summed E-state index contributed by atoms with van der Waals surface area (Å²) in [7, 11) is 0. The topological polar surface area (TPSA) is 111 Å². The van der Waals surface area contributed by atoms with Crippen LogP contribution in [0.15, 0.2) is 72.0 Å². The third-order valence-electron chi connectivity index (χ3n) is 8.65. The Morgan fingerprint density at radius 2 is 2.02 bits per heavy atom. The zero-order chi connectivity index (χ0) is 30.9. The van der Waals surface area contributed by atoms with Gasteiger partial charge in [-0.2, -0.15) is 5.26 Å². The molecule has 10 heteroatoms. The van der Waals surface area contributed by atoms with E-state index in [2.05, 4.69) is 32.7 Å². The van der Waals surface area contributed by atoms with Crippen molar-refractivity contribution in [3.05, 3.63) is 83.2 Å². The van der Waals surface area contributed by atoms with Crippen LogP contribution < -0.4 is 10.6 Å². The number of rotatable bonds is 6. The number of nitrogens with zero attached hydrogens (tertiary/aromatic N) is 4. The summed E-state index contributed by atoms with van der Waals surface area (Å²) in [5.74, 6) is -0.962. The number of ether oxygens (including phenoxy) is 1. The first-order valence-electron chi connectivity index (χ1n) is 14.8. The number of piperidine rings is 1. The fraction of sp³-hybridized carbons (Fsp3) is 0.455. The van der Waals surface area contributed by atoms with Crippen LogP contribution >= 0.6 is 0 Å². The molecular weight excluding hydrogens is 547 g/mol. The van der Waals surface area contributed by atoms with E-state index in [1.807, 2.05) is 37.3 Å². The van der Waals surface area contributed by atoms with Gasteiger partial charge in [0.15, 0.2) is 0 Å². The van der Waals surface area contributed by atoms with Crippen molar-refractivity contribution in [3.63, 3.8) is 0 Å². The van der Waals surface area contributed by atoms with Gasteiger partial charge in [-0.15, -0.1) is 0 Å². The van der Waals surface area contributed by atoms with Gasteiger partial charge in [0.1, 0.15) is 28.7 Å². The molecule has 4 atom stereocenters. The Hall–Kier alpha value is -4.23. The third-order valence-corrected chi connectivity index (χ3v) is 8.65. The number of aromatic nitrogens is 1. The highest BCUT2D eigenvalue weighted by Gasteiger charge is 2.56. The second-order valence-electron chi connectivity index (χ2n) is 12.5. The maximum Gasteiger partial charge on any atom is 0.414 e. The summed E-state index contributed by atoms with van der Waals surface area (Å²) < 4.78 is 21.0. The van der Waals surface area contributed by atoms with Crippen LogP contribution in [0.2, 0.25) is 0 Å². The number of allylic oxidation sites excluding steroid dienone is 2. The maximum absolute atomic E-state index is 15.4. The molecule has 9 nitrogen and oxygen atoms in total. The van der Waals surface area contributed by atoms with Crippen LogP contribution in [0, 0.1) is 17.2 Å². The molecule has 1 aromatic heterocycles. The second kappa shape index (κ2) is 11.8. The SMILES string of the molecule is CCN(C(=O)OC(C)(C)C)C1=C2NC(=O)C(C)(N3CC[C@H](c4ccccc4)[C@@H](Nc4ccc(C#N)nc4)C3)C2CC(F)=C1. The minimum Gasteiger partial charge on any atom is -0.443 e. The van der Waals surface area contributed by atoms with Crippen molar-refractivity contribution >= 4 is 17.7 Å². The molecule has 2 unspecified atom stereocenters. The van der Waals surface area contributed by atoms with Crippen molar-refractivity contribution in [1.82, 2.24) is 20.1 Å². The average molecular weight is 587 g/mol. The van der Waals surface area contributed by atoms with E-state index in [4.69, 9.17) is 4.74 Å². The Labute approximate surface area is 252 Å². The molecule has 0 radical (unpaired) electrons. The first kappa shape index (κ1) is 30.2. The van der Waals surface area contributed by atoms with Crippen LogP contribution in [0.4, 0.5) is 14.9 Å². The van der Waals surface area contributed by atoms with E-state index in [0.29, 0.717) is 30.2 Å². The number of likely N-dealkylation sites (N-methyl/N-ethyl adjacent to an activating group) is 1. The molecule has 2 amide bonds. The monoisotopic (exact) mass is 586 g/mol. The van der Waals surface area contributed by atoms with Crippen LogP contribution in [0.3, 0.4) is 0 Å². The number of likely N-dealkylation sites (tertiary alicyclic amines) is 1. The molecule has 5 rings (SSSR count). The van der Waals surface area contributed by atoms with Gasteiger partial charge in [0.2, 0.25) is 5.91 Å². The van der Waals surface area contributed by atoms with Gasteiger partial charge in [0.25, 0.3) is 0 Å². The number of fused-ring (bicyclic) bond motifs is 1. The Morgan fingerprint density at radius 1 is 1.28 bits per heavy atom. The Kier molecular flexibility index (Phi) is 8.30.